The lowest BCUT2D eigenvalue weighted by Gasteiger charge is -2.09. The predicted octanol–water partition coefficient (Wildman–Crippen LogP) is 2.49. The fraction of sp³-hybridized carbons (Fsp3) is 0.500. The molecule has 0 atom stereocenters. The maximum absolute atomic E-state index is 5.93. The summed E-state index contributed by atoms with van der Waals surface area (Å²) in [6.45, 7) is 7.28. The molecule has 2 N–H and O–H groups in total. The number of aliphatic imine (C=N–C) groups is 1. The van der Waals surface area contributed by atoms with Crippen molar-refractivity contribution in [3.8, 4) is 0 Å². The molecule has 2 rings (SSSR count). The van der Waals surface area contributed by atoms with E-state index >= 15 is 0 Å². The van der Waals surface area contributed by atoms with E-state index in [9.17, 15) is 0 Å². The SMILES string of the molecule is CC.Cc1nc(Cl)c(NC2=NCCN2)c(Cl)n1. The van der Waals surface area contributed by atoms with Crippen LogP contribution in [0.15, 0.2) is 4.99 Å². The molecule has 0 saturated heterocycles. The Hall–Kier alpha value is -1.07. The van der Waals surface area contributed by atoms with Gasteiger partial charge in [0.15, 0.2) is 16.3 Å². The highest BCUT2D eigenvalue weighted by Crippen LogP contribution is 2.26. The van der Waals surface area contributed by atoms with Crippen LogP contribution in [0.4, 0.5) is 5.69 Å². The average Bonchev–Trinajstić information content (AvgIpc) is 2.79. The van der Waals surface area contributed by atoms with Gasteiger partial charge in [-0.15, -0.1) is 0 Å². The van der Waals surface area contributed by atoms with Crippen molar-refractivity contribution in [1.82, 2.24) is 15.3 Å². The normalized spacial score (nSPS) is 13.4. The Morgan fingerprint density at radius 2 is 1.76 bits per heavy atom. The first-order chi connectivity index (χ1) is 8.16. The largest absolute Gasteiger partial charge is 0.354 e. The number of aromatic nitrogens is 2. The minimum Gasteiger partial charge on any atom is -0.354 e. The molecule has 1 aromatic rings. The monoisotopic (exact) mass is 275 g/mol. The van der Waals surface area contributed by atoms with Crippen molar-refractivity contribution in [2.24, 2.45) is 4.99 Å². The Bertz CT molecular complexity index is 396. The molecule has 0 bridgehead atoms. The molecule has 2 heterocycles. The van der Waals surface area contributed by atoms with Gasteiger partial charge >= 0.3 is 0 Å². The highest BCUT2D eigenvalue weighted by molar-refractivity contribution is 6.38. The van der Waals surface area contributed by atoms with Crippen LogP contribution in [0.3, 0.4) is 0 Å². The Morgan fingerprint density at radius 3 is 2.24 bits per heavy atom. The van der Waals surface area contributed by atoms with Crippen LogP contribution in [0.25, 0.3) is 0 Å². The number of hydrogen-bond acceptors (Lipinski definition) is 5. The minimum atomic E-state index is 0.295. The van der Waals surface area contributed by atoms with Gasteiger partial charge in [0.2, 0.25) is 0 Å². The second kappa shape index (κ2) is 6.61. The number of halogens is 2. The second-order valence-electron chi connectivity index (χ2n) is 3.01. The highest BCUT2D eigenvalue weighted by atomic mass is 35.5. The van der Waals surface area contributed by atoms with E-state index in [4.69, 9.17) is 23.2 Å². The van der Waals surface area contributed by atoms with Gasteiger partial charge in [-0.25, -0.2) is 9.97 Å². The molecular weight excluding hydrogens is 261 g/mol. The van der Waals surface area contributed by atoms with E-state index in [1.165, 1.54) is 0 Å². The van der Waals surface area contributed by atoms with Crippen molar-refractivity contribution in [2.45, 2.75) is 20.8 Å². The second-order valence-corrected chi connectivity index (χ2v) is 3.73. The lowest BCUT2D eigenvalue weighted by Crippen LogP contribution is -2.26. The summed E-state index contributed by atoms with van der Waals surface area (Å²) in [4.78, 5) is 12.2. The van der Waals surface area contributed by atoms with E-state index in [1.54, 1.807) is 6.92 Å². The molecule has 0 radical (unpaired) electrons. The first kappa shape index (κ1) is 14.0. The van der Waals surface area contributed by atoms with Crippen molar-refractivity contribution in [2.75, 3.05) is 18.4 Å². The van der Waals surface area contributed by atoms with Gasteiger partial charge in [0.1, 0.15) is 11.5 Å². The summed E-state index contributed by atoms with van der Waals surface area (Å²) in [6.07, 6.45) is 0. The Labute approximate surface area is 111 Å². The first-order valence-electron chi connectivity index (χ1n) is 5.42. The van der Waals surface area contributed by atoms with Gasteiger partial charge in [-0.1, -0.05) is 37.0 Å². The Kier molecular flexibility index (Phi) is 5.44. The molecule has 0 aliphatic carbocycles. The van der Waals surface area contributed by atoms with Crippen LogP contribution < -0.4 is 10.6 Å². The number of hydrogen-bond donors (Lipinski definition) is 2. The van der Waals surface area contributed by atoms with Crippen LogP contribution in [0, 0.1) is 6.92 Å². The average molecular weight is 276 g/mol. The maximum Gasteiger partial charge on any atom is 0.196 e. The van der Waals surface area contributed by atoms with E-state index in [0.717, 1.165) is 13.1 Å². The van der Waals surface area contributed by atoms with Crippen molar-refractivity contribution >= 4 is 34.8 Å². The standard InChI is InChI=1S/C8H9Cl2N5.C2H6/c1-4-13-6(9)5(7(10)14-4)15-8-11-2-3-12-8;1-2/h2-3H2,1H3,(H2,11,12,15);1-2H3. The third-order valence-electron chi connectivity index (χ3n) is 1.85. The first-order valence-corrected chi connectivity index (χ1v) is 6.17. The van der Waals surface area contributed by atoms with Crippen LogP contribution in [0.5, 0.6) is 0 Å². The zero-order chi connectivity index (χ0) is 12.8. The summed E-state index contributed by atoms with van der Waals surface area (Å²) in [5.74, 6) is 1.18. The number of nitrogens with zero attached hydrogens (tertiary/aromatic N) is 3. The molecule has 0 saturated carbocycles. The van der Waals surface area contributed by atoms with Crippen molar-refractivity contribution < 1.29 is 0 Å². The van der Waals surface area contributed by atoms with Gasteiger partial charge in [0, 0.05) is 6.54 Å². The third-order valence-corrected chi connectivity index (χ3v) is 2.40. The van der Waals surface area contributed by atoms with Crippen LogP contribution in [0.2, 0.25) is 10.3 Å². The fourth-order valence-electron chi connectivity index (χ4n) is 1.21. The molecule has 1 aromatic heterocycles. The number of guanidine groups is 1. The summed E-state index contributed by atoms with van der Waals surface area (Å²) >= 11 is 11.9. The summed E-state index contributed by atoms with van der Waals surface area (Å²) in [6, 6.07) is 0. The van der Waals surface area contributed by atoms with Crippen molar-refractivity contribution in [3.63, 3.8) is 0 Å². The molecule has 94 valence electrons. The quantitative estimate of drug-likeness (QED) is 0.773. The van der Waals surface area contributed by atoms with E-state index in [1.807, 2.05) is 13.8 Å². The van der Waals surface area contributed by atoms with Gasteiger partial charge in [-0.05, 0) is 6.92 Å². The van der Waals surface area contributed by atoms with Crippen LogP contribution in [-0.4, -0.2) is 29.0 Å². The molecule has 7 heteroatoms. The summed E-state index contributed by atoms with van der Waals surface area (Å²) in [7, 11) is 0. The Balaban J connectivity index is 0.000000686. The molecule has 0 aromatic carbocycles. The summed E-state index contributed by atoms with van der Waals surface area (Å²) in [5.41, 5.74) is 0.483. The maximum atomic E-state index is 5.93. The molecule has 0 spiro atoms. The number of nitrogens with one attached hydrogen (secondary N) is 2. The van der Waals surface area contributed by atoms with Gasteiger partial charge < -0.3 is 10.6 Å². The van der Waals surface area contributed by atoms with E-state index in [0.29, 0.717) is 27.8 Å². The molecule has 0 unspecified atom stereocenters. The highest BCUT2D eigenvalue weighted by Gasteiger charge is 2.13. The molecule has 5 nitrogen and oxygen atoms in total. The number of aryl methyl sites for hydroxylation is 1. The molecular formula is C10H15Cl2N5. The van der Waals surface area contributed by atoms with Gasteiger partial charge in [0.25, 0.3) is 0 Å². The van der Waals surface area contributed by atoms with Gasteiger partial charge in [-0.2, -0.15) is 0 Å². The van der Waals surface area contributed by atoms with Gasteiger partial charge in [-0.3, -0.25) is 4.99 Å². The molecule has 1 aliphatic rings. The fourth-order valence-corrected chi connectivity index (χ4v) is 1.78. The number of anilines is 1. The smallest absolute Gasteiger partial charge is 0.196 e. The summed E-state index contributed by atoms with van der Waals surface area (Å²) < 4.78 is 0. The van der Waals surface area contributed by atoms with E-state index in [-0.39, 0.29) is 0 Å². The van der Waals surface area contributed by atoms with E-state index in [2.05, 4.69) is 25.6 Å². The van der Waals surface area contributed by atoms with E-state index < -0.39 is 0 Å². The Morgan fingerprint density at radius 1 is 1.18 bits per heavy atom. The molecule has 17 heavy (non-hydrogen) atoms. The molecule has 1 aliphatic heterocycles. The predicted molar refractivity (Wildman–Crippen MR) is 72.1 cm³/mol. The van der Waals surface area contributed by atoms with Crippen LogP contribution >= 0.6 is 23.2 Å². The van der Waals surface area contributed by atoms with Crippen LogP contribution in [0.1, 0.15) is 19.7 Å². The third kappa shape index (κ3) is 3.71. The zero-order valence-corrected chi connectivity index (χ0v) is 11.5. The molecule has 0 amide bonds. The van der Waals surface area contributed by atoms with Crippen LogP contribution in [-0.2, 0) is 0 Å². The lowest BCUT2D eigenvalue weighted by atomic mass is 10.5. The topological polar surface area (TPSA) is 62.2 Å². The zero-order valence-electron chi connectivity index (χ0n) is 10.0. The van der Waals surface area contributed by atoms with Crippen molar-refractivity contribution in [1.29, 1.82) is 0 Å². The van der Waals surface area contributed by atoms with Crippen molar-refractivity contribution in [3.05, 3.63) is 16.1 Å². The molecule has 0 fully saturated rings. The number of rotatable bonds is 1. The lowest BCUT2D eigenvalue weighted by molar-refractivity contribution is 0.958. The minimum absolute atomic E-state index is 0.295. The summed E-state index contributed by atoms with van der Waals surface area (Å²) in [5, 5.41) is 6.59. The van der Waals surface area contributed by atoms with Gasteiger partial charge in [0.05, 0.1) is 6.54 Å².